The molecule has 3 nitrogen and oxygen atoms in total. The van der Waals surface area contributed by atoms with E-state index in [1.165, 1.54) is 12.1 Å². The van der Waals surface area contributed by atoms with E-state index in [-0.39, 0.29) is 17.5 Å². The number of aryl methyl sites for hydroxylation is 1. The lowest BCUT2D eigenvalue weighted by Gasteiger charge is -2.12. The Labute approximate surface area is 118 Å². The van der Waals surface area contributed by atoms with Crippen LogP contribution in [0.2, 0.25) is 0 Å². The summed E-state index contributed by atoms with van der Waals surface area (Å²) in [6.45, 7) is 6.62. The summed E-state index contributed by atoms with van der Waals surface area (Å²) in [5.41, 5.74) is 1.22. The highest BCUT2D eigenvalue weighted by Gasteiger charge is 2.18. The van der Waals surface area contributed by atoms with Crippen molar-refractivity contribution >= 4 is 16.9 Å². The molecule has 0 atom stereocenters. The number of nitrogens with one attached hydrogen (secondary N) is 1. The lowest BCUT2D eigenvalue weighted by Crippen LogP contribution is -2.29. The number of hydrogen-bond acceptors (Lipinski definition) is 2. The van der Waals surface area contributed by atoms with Gasteiger partial charge in [-0.1, -0.05) is 26.7 Å². The van der Waals surface area contributed by atoms with Gasteiger partial charge in [-0.15, -0.1) is 0 Å². The molecule has 2 rings (SSSR count). The van der Waals surface area contributed by atoms with Gasteiger partial charge in [-0.05, 0) is 31.0 Å². The second-order valence-electron chi connectivity index (χ2n) is 5.09. The number of carbonyl (C=O) groups excluding carboxylic acids is 1. The molecule has 1 N–H and O–H groups in total. The Balaban J connectivity index is 2.20. The van der Waals surface area contributed by atoms with E-state index in [0.717, 1.165) is 12.8 Å². The number of hydrogen-bond donors (Lipinski definition) is 1. The van der Waals surface area contributed by atoms with Crippen LogP contribution in [0.25, 0.3) is 11.0 Å². The predicted octanol–water partition coefficient (Wildman–Crippen LogP) is 4.05. The van der Waals surface area contributed by atoms with Crippen molar-refractivity contribution in [1.29, 1.82) is 0 Å². The molecule has 0 aliphatic rings. The van der Waals surface area contributed by atoms with Gasteiger partial charge in [-0.25, -0.2) is 4.39 Å². The first-order valence-corrected chi connectivity index (χ1v) is 7.03. The summed E-state index contributed by atoms with van der Waals surface area (Å²) in [7, 11) is 0. The van der Waals surface area contributed by atoms with Crippen molar-refractivity contribution in [2.24, 2.45) is 5.92 Å². The number of carbonyl (C=O) groups is 1. The molecule has 0 fully saturated rings. The fraction of sp³-hybridized carbons (Fsp3) is 0.438. The Morgan fingerprint density at radius 1 is 1.35 bits per heavy atom. The van der Waals surface area contributed by atoms with Gasteiger partial charge in [0, 0.05) is 17.5 Å². The van der Waals surface area contributed by atoms with Gasteiger partial charge in [-0.2, -0.15) is 0 Å². The Morgan fingerprint density at radius 2 is 2.05 bits per heavy atom. The van der Waals surface area contributed by atoms with E-state index < -0.39 is 0 Å². The summed E-state index contributed by atoms with van der Waals surface area (Å²) in [5.74, 6) is 0.189. The van der Waals surface area contributed by atoms with Gasteiger partial charge in [0.05, 0.1) is 0 Å². The molecular weight excluding hydrogens is 257 g/mol. The monoisotopic (exact) mass is 277 g/mol. The van der Waals surface area contributed by atoms with Crippen LogP contribution in [0, 0.1) is 18.7 Å². The van der Waals surface area contributed by atoms with E-state index in [0.29, 0.717) is 29.0 Å². The van der Waals surface area contributed by atoms with Crippen molar-refractivity contribution in [3.05, 3.63) is 35.3 Å². The van der Waals surface area contributed by atoms with E-state index >= 15 is 0 Å². The van der Waals surface area contributed by atoms with Crippen LogP contribution >= 0.6 is 0 Å². The molecule has 0 radical (unpaired) electrons. The SMILES string of the molecule is CCC(CC)CNC(=O)c1oc2ccc(F)cc2c1C. The third kappa shape index (κ3) is 2.84. The van der Waals surface area contributed by atoms with Crippen molar-refractivity contribution in [3.8, 4) is 0 Å². The molecule has 1 aromatic heterocycles. The third-order valence-electron chi connectivity index (χ3n) is 3.81. The summed E-state index contributed by atoms with van der Waals surface area (Å²) >= 11 is 0. The molecule has 0 aliphatic carbocycles. The van der Waals surface area contributed by atoms with Gasteiger partial charge >= 0.3 is 0 Å². The normalized spacial score (nSPS) is 11.2. The first-order chi connectivity index (χ1) is 9.56. The number of fused-ring (bicyclic) bond motifs is 1. The minimum Gasteiger partial charge on any atom is -0.451 e. The lowest BCUT2D eigenvalue weighted by atomic mass is 10.0. The van der Waals surface area contributed by atoms with Crippen molar-refractivity contribution in [2.45, 2.75) is 33.6 Å². The van der Waals surface area contributed by atoms with Crippen LogP contribution in [0.15, 0.2) is 22.6 Å². The molecule has 20 heavy (non-hydrogen) atoms. The number of benzene rings is 1. The number of halogens is 1. The summed E-state index contributed by atoms with van der Waals surface area (Å²) < 4.78 is 18.8. The molecular formula is C16H20FNO2. The summed E-state index contributed by atoms with van der Waals surface area (Å²) in [5, 5.41) is 3.54. The summed E-state index contributed by atoms with van der Waals surface area (Å²) in [6, 6.07) is 4.28. The Morgan fingerprint density at radius 3 is 2.70 bits per heavy atom. The number of amides is 1. The highest BCUT2D eigenvalue weighted by molar-refractivity contribution is 5.98. The van der Waals surface area contributed by atoms with E-state index in [2.05, 4.69) is 19.2 Å². The molecule has 0 unspecified atom stereocenters. The van der Waals surface area contributed by atoms with Crippen LogP contribution in [0.3, 0.4) is 0 Å². The van der Waals surface area contributed by atoms with Gasteiger partial charge in [0.2, 0.25) is 0 Å². The summed E-state index contributed by atoms with van der Waals surface area (Å²) in [6.07, 6.45) is 2.06. The quantitative estimate of drug-likeness (QED) is 0.896. The van der Waals surface area contributed by atoms with Crippen LogP contribution in [0.5, 0.6) is 0 Å². The molecule has 0 aliphatic heterocycles. The summed E-state index contributed by atoms with van der Waals surface area (Å²) in [4.78, 5) is 12.2. The molecule has 1 aromatic carbocycles. The largest absolute Gasteiger partial charge is 0.451 e. The fourth-order valence-electron chi connectivity index (χ4n) is 2.30. The van der Waals surface area contributed by atoms with Crippen molar-refractivity contribution < 1.29 is 13.6 Å². The second kappa shape index (κ2) is 6.07. The highest BCUT2D eigenvalue weighted by atomic mass is 19.1. The predicted molar refractivity (Wildman–Crippen MR) is 77.3 cm³/mol. The Kier molecular flexibility index (Phi) is 4.42. The van der Waals surface area contributed by atoms with Crippen LogP contribution in [-0.4, -0.2) is 12.5 Å². The minimum atomic E-state index is -0.328. The van der Waals surface area contributed by atoms with E-state index in [4.69, 9.17) is 4.42 Å². The zero-order chi connectivity index (χ0) is 14.7. The van der Waals surface area contributed by atoms with E-state index in [1.54, 1.807) is 13.0 Å². The van der Waals surface area contributed by atoms with Gasteiger partial charge in [0.1, 0.15) is 11.4 Å². The molecule has 1 heterocycles. The van der Waals surface area contributed by atoms with Crippen LogP contribution in [0.4, 0.5) is 4.39 Å². The second-order valence-corrected chi connectivity index (χ2v) is 5.09. The molecule has 0 saturated carbocycles. The molecule has 0 saturated heterocycles. The smallest absolute Gasteiger partial charge is 0.287 e. The first kappa shape index (κ1) is 14.6. The van der Waals surface area contributed by atoms with E-state index in [1.807, 2.05) is 0 Å². The standard InChI is InChI=1S/C16H20FNO2/c1-4-11(5-2)9-18-16(19)15-10(3)13-8-12(17)6-7-14(13)20-15/h6-8,11H,4-5,9H2,1-3H3,(H,18,19). The van der Waals surface area contributed by atoms with Crippen molar-refractivity contribution in [1.82, 2.24) is 5.32 Å². The highest BCUT2D eigenvalue weighted by Crippen LogP contribution is 2.25. The molecule has 108 valence electrons. The zero-order valence-electron chi connectivity index (χ0n) is 12.1. The van der Waals surface area contributed by atoms with Crippen LogP contribution in [0.1, 0.15) is 42.8 Å². The van der Waals surface area contributed by atoms with Gasteiger partial charge < -0.3 is 9.73 Å². The average Bonchev–Trinajstić information content (AvgIpc) is 2.77. The fourth-order valence-corrected chi connectivity index (χ4v) is 2.30. The van der Waals surface area contributed by atoms with E-state index in [9.17, 15) is 9.18 Å². The van der Waals surface area contributed by atoms with Crippen LogP contribution in [-0.2, 0) is 0 Å². The molecule has 2 aromatic rings. The maximum atomic E-state index is 13.2. The first-order valence-electron chi connectivity index (χ1n) is 7.03. The van der Waals surface area contributed by atoms with Crippen LogP contribution < -0.4 is 5.32 Å². The Hall–Kier alpha value is -1.84. The average molecular weight is 277 g/mol. The Bertz CT molecular complexity index is 614. The molecule has 0 spiro atoms. The zero-order valence-corrected chi connectivity index (χ0v) is 12.1. The topological polar surface area (TPSA) is 42.2 Å². The maximum absolute atomic E-state index is 13.2. The third-order valence-corrected chi connectivity index (χ3v) is 3.81. The lowest BCUT2D eigenvalue weighted by molar-refractivity contribution is 0.0920. The van der Waals surface area contributed by atoms with Gasteiger partial charge in [0.25, 0.3) is 5.91 Å². The van der Waals surface area contributed by atoms with Gasteiger partial charge in [0.15, 0.2) is 5.76 Å². The number of furan rings is 1. The van der Waals surface area contributed by atoms with Crippen molar-refractivity contribution in [2.75, 3.05) is 6.54 Å². The molecule has 0 bridgehead atoms. The number of rotatable bonds is 5. The molecule has 4 heteroatoms. The molecule has 1 amide bonds. The maximum Gasteiger partial charge on any atom is 0.287 e. The minimum absolute atomic E-state index is 0.231. The van der Waals surface area contributed by atoms with Crippen molar-refractivity contribution in [3.63, 3.8) is 0 Å². The van der Waals surface area contributed by atoms with Gasteiger partial charge in [-0.3, -0.25) is 4.79 Å².